The van der Waals surface area contributed by atoms with Crippen molar-refractivity contribution in [2.45, 2.75) is 31.8 Å². The van der Waals surface area contributed by atoms with E-state index in [1.54, 1.807) is 0 Å². The zero-order valence-electron chi connectivity index (χ0n) is 10.0. The van der Waals surface area contributed by atoms with Crippen LogP contribution in [0.3, 0.4) is 0 Å². The molecular formula is C12H24N2O2. The first-order chi connectivity index (χ1) is 7.74. The molecule has 2 fully saturated rings. The molecule has 16 heavy (non-hydrogen) atoms. The van der Waals surface area contributed by atoms with E-state index >= 15 is 0 Å². The molecule has 0 aromatic carbocycles. The lowest BCUT2D eigenvalue weighted by atomic mass is 9.79. The van der Waals surface area contributed by atoms with Crippen molar-refractivity contribution in [3.8, 4) is 0 Å². The molecule has 0 aromatic heterocycles. The second-order valence-electron chi connectivity index (χ2n) is 5.32. The van der Waals surface area contributed by atoms with Gasteiger partial charge >= 0.3 is 0 Å². The quantitative estimate of drug-likeness (QED) is 0.724. The van der Waals surface area contributed by atoms with E-state index in [2.05, 4.69) is 4.90 Å². The van der Waals surface area contributed by atoms with Gasteiger partial charge in [-0.2, -0.15) is 0 Å². The summed E-state index contributed by atoms with van der Waals surface area (Å²) in [6, 6.07) is 0. The van der Waals surface area contributed by atoms with Gasteiger partial charge in [0, 0.05) is 32.8 Å². The lowest BCUT2D eigenvalue weighted by molar-refractivity contribution is -0.0118. The molecule has 0 aliphatic carbocycles. The molecule has 0 unspecified atom stereocenters. The number of piperidine rings is 1. The Morgan fingerprint density at radius 1 is 1.25 bits per heavy atom. The van der Waals surface area contributed by atoms with Crippen molar-refractivity contribution in [2.24, 2.45) is 11.1 Å². The minimum absolute atomic E-state index is 0.0836. The molecule has 0 atom stereocenters. The van der Waals surface area contributed by atoms with Crippen LogP contribution in [-0.2, 0) is 4.74 Å². The zero-order chi connectivity index (χ0) is 11.4. The maximum Gasteiger partial charge on any atom is 0.0564 e. The monoisotopic (exact) mass is 228 g/mol. The largest absolute Gasteiger partial charge is 0.393 e. The number of nitrogens with two attached hydrogens (primary N) is 1. The van der Waals surface area contributed by atoms with Crippen LogP contribution in [0, 0.1) is 5.41 Å². The molecule has 0 bridgehead atoms. The first-order valence-electron chi connectivity index (χ1n) is 6.42. The summed E-state index contributed by atoms with van der Waals surface area (Å²) in [7, 11) is 0. The molecule has 0 spiro atoms. The third kappa shape index (κ3) is 2.94. The summed E-state index contributed by atoms with van der Waals surface area (Å²) in [6.45, 7) is 5.59. The van der Waals surface area contributed by atoms with E-state index in [4.69, 9.17) is 10.5 Å². The Bertz CT molecular complexity index is 209. The maximum absolute atomic E-state index is 9.48. The molecule has 0 amide bonds. The Morgan fingerprint density at radius 2 is 1.88 bits per heavy atom. The van der Waals surface area contributed by atoms with Crippen LogP contribution in [0.25, 0.3) is 0 Å². The predicted molar refractivity (Wildman–Crippen MR) is 63.2 cm³/mol. The van der Waals surface area contributed by atoms with Gasteiger partial charge in [0.05, 0.1) is 6.10 Å². The Hall–Kier alpha value is -0.160. The highest BCUT2D eigenvalue weighted by atomic mass is 16.5. The Labute approximate surface area is 97.7 Å². The zero-order valence-corrected chi connectivity index (χ0v) is 10.0. The summed E-state index contributed by atoms with van der Waals surface area (Å²) in [5.74, 6) is 0. The standard InChI is InChI=1S/C12H24N2O2/c13-9-12(3-7-16-8-4-12)10-14-5-1-11(15)2-6-14/h11,15H,1-10,13H2. The molecule has 3 N–H and O–H groups in total. The van der Waals surface area contributed by atoms with Crippen molar-refractivity contribution in [3.63, 3.8) is 0 Å². The second kappa shape index (κ2) is 5.45. The third-order valence-corrected chi connectivity index (χ3v) is 4.10. The second-order valence-corrected chi connectivity index (χ2v) is 5.32. The highest BCUT2D eigenvalue weighted by Gasteiger charge is 2.34. The number of hydrogen-bond donors (Lipinski definition) is 2. The van der Waals surface area contributed by atoms with Gasteiger partial charge in [-0.25, -0.2) is 0 Å². The molecule has 2 aliphatic rings. The molecule has 0 aromatic rings. The fourth-order valence-electron chi connectivity index (χ4n) is 2.78. The van der Waals surface area contributed by atoms with Crippen molar-refractivity contribution in [1.29, 1.82) is 0 Å². The molecular weight excluding hydrogens is 204 g/mol. The molecule has 4 nitrogen and oxygen atoms in total. The van der Waals surface area contributed by atoms with Crippen molar-refractivity contribution in [3.05, 3.63) is 0 Å². The first-order valence-corrected chi connectivity index (χ1v) is 6.42. The number of ether oxygens (including phenoxy) is 1. The average molecular weight is 228 g/mol. The van der Waals surface area contributed by atoms with E-state index in [0.29, 0.717) is 0 Å². The van der Waals surface area contributed by atoms with Crippen LogP contribution in [-0.4, -0.2) is 55.5 Å². The molecule has 2 heterocycles. The third-order valence-electron chi connectivity index (χ3n) is 4.10. The van der Waals surface area contributed by atoms with Gasteiger partial charge < -0.3 is 20.5 Å². The molecule has 2 aliphatic heterocycles. The molecule has 0 saturated carbocycles. The van der Waals surface area contributed by atoms with Gasteiger partial charge in [0.1, 0.15) is 0 Å². The Balaban J connectivity index is 1.86. The number of rotatable bonds is 3. The van der Waals surface area contributed by atoms with Crippen LogP contribution in [0.2, 0.25) is 0 Å². The first kappa shape index (κ1) is 12.3. The van der Waals surface area contributed by atoms with E-state index in [0.717, 1.165) is 65.1 Å². The number of hydrogen-bond acceptors (Lipinski definition) is 4. The predicted octanol–water partition coefficient (Wildman–Crippen LogP) is 0.199. The van der Waals surface area contributed by atoms with Crippen molar-refractivity contribution in [1.82, 2.24) is 4.90 Å². The van der Waals surface area contributed by atoms with Crippen LogP contribution in [0.5, 0.6) is 0 Å². The van der Waals surface area contributed by atoms with Crippen LogP contribution in [0.15, 0.2) is 0 Å². The summed E-state index contributed by atoms with van der Waals surface area (Å²) in [6.07, 6.45) is 3.92. The van der Waals surface area contributed by atoms with E-state index in [-0.39, 0.29) is 11.5 Å². The van der Waals surface area contributed by atoms with Crippen LogP contribution in [0.1, 0.15) is 25.7 Å². The highest BCUT2D eigenvalue weighted by Crippen LogP contribution is 2.31. The SMILES string of the molecule is NCC1(CN2CCC(O)CC2)CCOCC1. The van der Waals surface area contributed by atoms with Gasteiger partial charge in [-0.1, -0.05) is 0 Å². The van der Waals surface area contributed by atoms with Crippen molar-refractivity contribution < 1.29 is 9.84 Å². The molecule has 0 radical (unpaired) electrons. The van der Waals surface area contributed by atoms with E-state index < -0.39 is 0 Å². The fourth-order valence-corrected chi connectivity index (χ4v) is 2.78. The van der Waals surface area contributed by atoms with Crippen molar-refractivity contribution in [2.75, 3.05) is 39.4 Å². The van der Waals surface area contributed by atoms with Gasteiger partial charge in [0.15, 0.2) is 0 Å². The summed E-state index contributed by atoms with van der Waals surface area (Å²) >= 11 is 0. The fraction of sp³-hybridized carbons (Fsp3) is 1.00. The summed E-state index contributed by atoms with van der Waals surface area (Å²) in [4.78, 5) is 2.46. The Morgan fingerprint density at radius 3 is 2.44 bits per heavy atom. The minimum atomic E-state index is -0.0836. The maximum atomic E-state index is 9.48. The normalized spacial score (nSPS) is 28.1. The molecule has 4 heteroatoms. The van der Waals surface area contributed by atoms with Gasteiger partial charge in [0.2, 0.25) is 0 Å². The van der Waals surface area contributed by atoms with Gasteiger partial charge in [0.25, 0.3) is 0 Å². The van der Waals surface area contributed by atoms with E-state index in [9.17, 15) is 5.11 Å². The number of likely N-dealkylation sites (tertiary alicyclic amines) is 1. The van der Waals surface area contributed by atoms with Crippen LogP contribution >= 0.6 is 0 Å². The summed E-state index contributed by atoms with van der Waals surface area (Å²) < 4.78 is 5.42. The molecule has 2 saturated heterocycles. The molecule has 94 valence electrons. The molecule has 2 rings (SSSR count). The van der Waals surface area contributed by atoms with Crippen LogP contribution < -0.4 is 5.73 Å². The number of aliphatic hydroxyl groups is 1. The number of nitrogens with zero attached hydrogens (tertiary/aromatic N) is 1. The van der Waals surface area contributed by atoms with E-state index in [1.165, 1.54) is 0 Å². The summed E-state index contributed by atoms with van der Waals surface area (Å²) in [5.41, 5.74) is 6.22. The lowest BCUT2D eigenvalue weighted by Crippen LogP contribution is -2.48. The number of aliphatic hydroxyl groups excluding tert-OH is 1. The average Bonchev–Trinajstić information content (AvgIpc) is 2.33. The van der Waals surface area contributed by atoms with Gasteiger partial charge in [-0.3, -0.25) is 0 Å². The van der Waals surface area contributed by atoms with Crippen LogP contribution in [0.4, 0.5) is 0 Å². The summed E-state index contributed by atoms with van der Waals surface area (Å²) in [5, 5.41) is 9.48. The highest BCUT2D eigenvalue weighted by molar-refractivity contribution is 4.87. The smallest absolute Gasteiger partial charge is 0.0564 e. The minimum Gasteiger partial charge on any atom is -0.393 e. The van der Waals surface area contributed by atoms with E-state index in [1.807, 2.05) is 0 Å². The van der Waals surface area contributed by atoms with Crippen molar-refractivity contribution >= 4 is 0 Å². The van der Waals surface area contributed by atoms with Gasteiger partial charge in [-0.05, 0) is 37.6 Å². The topological polar surface area (TPSA) is 58.7 Å². The Kier molecular flexibility index (Phi) is 4.19. The van der Waals surface area contributed by atoms with Gasteiger partial charge in [-0.15, -0.1) is 0 Å². The lowest BCUT2D eigenvalue weighted by Gasteiger charge is -2.42.